The fraction of sp³-hybridized carbons (Fsp3) is 0.364. The van der Waals surface area contributed by atoms with E-state index in [4.69, 9.17) is 10.5 Å². The van der Waals surface area contributed by atoms with Crippen molar-refractivity contribution in [2.45, 2.75) is 13.8 Å². The number of fused-ring (bicyclic) bond motifs is 1. The highest BCUT2D eigenvalue weighted by Crippen LogP contribution is 2.22. The van der Waals surface area contributed by atoms with E-state index in [1.165, 1.54) is 11.3 Å². The van der Waals surface area contributed by atoms with Crippen molar-refractivity contribution in [3.63, 3.8) is 0 Å². The van der Waals surface area contributed by atoms with E-state index >= 15 is 0 Å². The lowest BCUT2D eigenvalue weighted by Gasteiger charge is -1.86. The maximum atomic E-state index is 5.50. The molecule has 3 nitrogen and oxygen atoms in total. The molecule has 1 aromatic heterocycles. The molecule has 2 aromatic rings. The summed E-state index contributed by atoms with van der Waals surface area (Å²) in [6.07, 6.45) is 0. The summed E-state index contributed by atoms with van der Waals surface area (Å²) < 4.78 is 5.99. The van der Waals surface area contributed by atoms with Crippen LogP contribution in [0.3, 0.4) is 0 Å². The molecule has 0 aliphatic heterocycles. The number of hydrogen-bond acceptors (Lipinski definition) is 4. The molecule has 0 atom stereocenters. The molecule has 1 aromatic carbocycles. The minimum Gasteiger partial charge on any atom is -0.382 e. The smallest absolute Gasteiger partial charge is 0.181 e. The molecule has 0 amide bonds. The second-order valence-electron chi connectivity index (χ2n) is 2.80. The third-order valence-corrected chi connectivity index (χ3v) is 2.58. The van der Waals surface area contributed by atoms with Gasteiger partial charge in [0.1, 0.15) is 0 Å². The summed E-state index contributed by atoms with van der Waals surface area (Å²) in [6, 6.07) is 7.92. The molecule has 1 heterocycles. The van der Waals surface area contributed by atoms with Crippen LogP contribution in [0.15, 0.2) is 24.3 Å². The molecule has 0 fully saturated rings. The molecule has 0 radical (unpaired) electrons. The van der Waals surface area contributed by atoms with Gasteiger partial charge in [-0.2, -0.15) is 0 Å². The van der Waals surface area contributed by atoms with Gasteiger partial charge in [0.15, 0.2) is 5.13 Å². The van der Waals surface area contributed by atoms with Crippen LogP contribution in [0.1, 0.15) is 13.8 Å². The summed E-state index contributed by atoms with van der Waals surface area (Å²) in [6.45, 7) is 5.67. The van der Waals surface area contributed by atoms with E-state index in [0.29, 0.717) is 5.13 Å². The van der Waals surface area contributed by atoms with Crippen molar-refractivity contribution in [1.29, 1.82) is 0 Å². The van der Waals surface area contributed by atoms with Crippen molar-refractivity contribution in [3.05, 3.63) is 24.3 Å². The first-order valence-corrected chi connectivity index (χ1v) is 5.78. The molecule has 4 heteroatoms. The Kier molecular flexibility index (Phi) is 5.07. The van der Waals surface area contributed by atoms with E-state index in [1.807, 2.05) is 38.1 Å². The number of para-hydroxylation sites is 1. The number of thiazole rings is 1. The van der Waals surface area contributed by atoms with Crippen molar-refractivity contribution in [2.24, 2.45) is 0 Å². The van der Waals surface area contributed by atoms with E-state index in [0.717, 1.165) is 23.4 Å². The molecule has 82 valence electrons. The zero-order valence-electron chi connectivity index (χ0n) is 9.06. The number of hydrogen-bond donors (Lipinski definition) is 1. The highest BCUT2D eigenvalue weighted by Gasteiger charge is 1.96. The zero-order valence-corrected chi connectivity index (χ0v) is 9.88. The number of rotatable bonds is 2. The van der Waals surface area contributed by atoms with Gasteiger partial charge >= 0.3 is 0 Å². The zero-order chi connectivity index (χ0) is 11.1. The van der Waals surface area contributed by atoms with Crippen LogP contribution in [0.5, 0.6) is 0 Å². The standard InChI is InChI=1S/C7H6N2S.C4H10O/c8-7-9-5-3-1-2-4-6(5)10-7;1-3-5-4-2/h1-4H,(H2,8,9);3-4H2,1-2H3. The number of nitrogens with zero attached hydrogens (tertiary/aromatic N) is 1. The Morgan fingerprint density at radius 1 is 1.27 bits per heavy atom. The summed E-state index contributed by atoms with van der Waals surface area (Å²) >= 11 is 1.52. The van der Waals surface area contributed by atoms with Crippen LogP contribution in [0, 0.1) is 0 Å². The molecule has 0 spiro atoms. The first kappa shape index (κ1) is 11.9. The molecule has 0 unspecified atom stereocenters. The number of nitrogen functional groups attached to an aromatic ring is 1. The Morgan fingerprint density at radius 2 is 1.93 bits per heavy atom. The van der Waals surface area contributed by atoms with Crippen molar-refractivity contribution in [2.75, 3.05) is 18.9 Å². The van der Waals surface area contributed by atoms with Crippen LogP contribution in [-0.2, 0) is 4.74 Å². The minimum atomic E-state index is 0.640. The topological polar surface area (TPSA) is 48.1 Å². The lowest BCUT2D eigenvalue weighted by molar-refractivity contribution is 0.162. The predicted molar refractivity (Wildman–Crippen MR) is 66.2 cm³/mol. The van der Waals surface area contributed by atoms with Gasteiger partial charge in [-0.3, -0.25) is 0 Å². The van der Waals surface area contributed by atoms with Crippen molar-refractivity contribution in [1.82, 2.24) is 4.98 Å². The van der Waals surface area contributed by atoms with Gasteiger partial charge < -0.3 is 10.5 Å². The van der Waals surface area contributed by atoms with Crippen molar-refractivity contribution >= 4 is 26.7 Å². The van der Waals surface area contributed by atoms with E-state index in [2.05, 4.69) is 4.98 Å². The predicted octanol–water partition coefficient (Wildman–Crippen LogP) is 2.92. The molecule has 0 aliphatic carbocycles. The summed E-state index contributed by atoms with van der Waals surface area (Å²) in [5.41, 5.74) is 6.49. The fourth-order valence-electron chi connectivity index (χ4n) is 1.09. The third-order valence-electron chi connectivity index (χ3n) is 1.72. The van der Waals surface area contributed by atoms with E-state index in [1.54, 1.807) is 0 Å². The van der Waals surface area contributed by atoms with Gasteiger partial charge in [0.05, 0.1) is 10.2 Å². The number of aromatic nitrogens is 1. The fourth-order valence-corrected chi connectivity index (χ4v) is 1.83. The molecule has 0 saturated carbocycles. The first-order valence-electron chi connectivity index (χ1n) is 4.96. The lowest BCUT2D eigenvalue weighted by atomic mass is 10.3. The summed E-state index contributed by atoms with van der Waals surface area (Å²) in [5, 5.41) is 0.640. The van der Waals surface area contributed by atoms with Crippen molar-refractivity contribution < 1.29 is 4.74 Å². The Morgan fingerprint density at radius 3 is 2.47 bits per heavy atom. The first-order chi connectivity index (χ1) is 7.27. The highest BCUT2D eigenvalue weighted by molar-refractivity contribution is 7.22. The van der Waals surface area contributed by atoms with Crippen LogP contribution >= 0.6 is 11.3 Å². The van der Waals surface area contributed by atoms with Gasteiger partial charge in [-0.1, -0.05) is 23.5 Å². The monoisotopic (exact) mass is 224 g/mol. The Bertz CT molecular complexity index is 365. The molecule has 2 rings (SSSR count). The maximum Gasteiger partial charge on any atom is 0.181 e. The van der Waals surface area contributed by atoms with Crippen LogP contribution in [-0.4, -0.2) is 18.2 Å². The van der Waals surface area contributed by atoms with Crippen LogP contribution in [0.4, 0.5) is 5.13 Å². The Labute approximate surface area is 93.9 Å². The number of benzene rings is 1. The van der Waals surface area contributed by atoms with Crippen LogP contribution in [0.2, 0.25) is 0 Å². The van der Waals surface area contributed by atoms with Crippen LogP contribution < -0.4 is 5.73 Å². The Hall–Kier alpha value is -1.13. The summed E-state index contributed by atoms with van der Waals surface area (Å²) in [4.78, 5) is 4.11. The van der Waals surface area contributed by atoms with Gasteiger partial charge in [0.25, 0.3) is 0 Å². The number of nitrogens with two attached hydrogens (primary N) is 1. The second-order valence-corrected chi connectivity index (χ2v) is 3.86. The van der Waals surface area contributed by atoms with E-state index in [-0.39, 0.29) is 0 Å². The molecular weight excluding hydrogens is 208 g/mol. The largest absolute Gasteiger partial charge is 0.382 e. The molecular formula is C11H16N2OS. The number of ether oxygens (including phenoxy) is 1. The van der Waals surface area contributed by atoms with E-state index < -0.39 is 0 Å². The normalized spacial score (nSPS) is 9.73. The number of anilines is 1. The lowest BCUT2D eigenvalue weighted by Crippen LogP contribution is -1.84. The average molecular weight is 224 g/mol. The highest BCUT2D eigenvalue weighted by atomic mass is 32.1. The van der Waals surface area contributed by atoms with Crippen LogP contribution in [0.25, 0.3) is 10.2 Å². The molecule has 15 heavy (non-hydrogen) atoms. The maximum absolute atomic E-state index is 5.50. The van der Waals surface area contributed by atoms with Gasteiger partial charge in [-0.05, 0) is 26.0 Å². The SMILES string of the molecule is CCOCC.Nc1nc2ccccc2s1. The third kappa shape index (κ3) is 3.85. The molecule has 2 N–H and O–H groups in total. The second kappa shape index (κ2) is 6.37. The van der Waals surface area contributed by atoms with Crippen molar-refractivity contribution in [3.8, 4) is 0 Å². The molecule has 0 bridgehead atoms. The average Bonchev–Trinajstić information content (AvgIpc) is 2.60. The van der Waals surface area contributed by atoms with Gasteiger partial charge in [0, 0.05) is 13.2 Å². The Balaban J connectivity index is 0.000000195. The summed E-state index contributed by atoms with van der Waals surface area (Å²) in [7, 11) is 0. The van der Waals surface area contributed by atoms with E-state index in [9.17, 15) is 0 Å². The molecule has 0 saturated heterocycles. The van der Waals surface area contributed by atoms with Gasteiger partial charge in [0.2, 0.25) is 0 Å². The van der Waals surface area contributed by atoms with Gasteiger partial charge in [-0.15, -0.1) is 0 Å². The minimum absolute atomic E-state index is 0.640. The quantitative estimate of drug-likeness (QED) is 0.853. The summed E-state index contributed by atoms with van der Waals surface area (Å²) in [5.74, 6) is 0. The van der Waals surface area contributed by atoms with Gasteiger partial charge in [-0.25, -0.2) is 4.98 Å². The molecule has 0 aliphatic rings.